The second-order valence-electron chi connectivity index (χ2n) is 4.30. The zero-order chi connectivity index (χ0) is 13.3. The number of hydrogen-bond donors (Lipinski definition) is 1. The lowest BCUT2D eigenvalue weighted by Crippen LogP contribution is -2.14. The summed E-state index contributed by atoms with van der Waals surface area (Å²) in [5.41, 5.74) is 0. The van der Waals surface area contributed by atoms with Gasteiger partial charge in [0.05, 0.1) is 4.90 Å². The van der Waals surface area contributed by atoms with Crippen LogP contribution >= 0.6 is 0 Å². The molecule has 0 saturated carbocycles. The van der Waals surface area contributed by atoms with Crippen LogP contribution in [0.25, 0.3) is 0 Å². The van der Waals surface area contributed by atoms with Crippen LogP contribution in [-0.2, 0) is 9.84 Å². The molecule has 1 N–H and O–H groups in total. The van der Waals surface area contributed by atoms with Crippen molar-refractivity contribution in [2.45, 2.75) is 16.5 Å². The van der Waals surface area contributed by atoms with Gasteiger partial charge in [-0.25, -0.2) is 8.42 Å². The predicted molar refractivity (Wildman–Crippen MR) is 71.4 cm³/mol. The first-order chi connectivity index (χ1) is 9.18. The van der Waals surface area contributed by atoms with Crippen LogP contribution in [-0.4, -0.2) is 20.0 Å². The molecule has 3 rings (SSSR count). The van der Waals surface area contributed by atoms with Crippen LogP contribution in [0.4, 0.5) is 0 Å². The zero-order valence-corrected chi connectivity index (χ0v) is 10.9. The molecule has 19 heavy (non-hydrogen) atoms. The fourth-order valence-electron chi connectivity index (χ4n) is 1.86. The Labute approximate surface area is 112 Å². The van der Waals surface area contributed by atoms with Crippen LogP contribution in [0.1, 0.15) is 0 Å². The van der Waals surface area contributed by atoms with Crippen LogP contribution in [0.3, 0.4) is 0 Å². The van der Waals surface area contributed by atoms with Crippen LogP contribution < -0.4 is 10.1 Å². The molecule has 0 aromatic heterocycles. The van der Waals surface area contributed by atoms with E-state index in [1.54, 1.807) is 42.5 Å². The summed E-state index contributed by atoms with van der Waals surface area (Å²) in [6.45, 7) is 0. The molecule has 98 valence electrons. The number of nitrogens with one attached hydrogen (secondary N) is 1. The summed E-state index contributed by atoms with van der Waals surface area (Å²) < 4.78 is 30.1. The van der Waals surface area contributed by atoms with Crippen molar-refractivity contribution >= 4 is 9.84 Å². The molecule has 1 heterocycles. The molecular weight excluding hydrogens is 262 g/mol. The molecule has 2 atom stereocenters. The molecule has 1 saturated heterocycles. The molecule has 0 radical (unpaired) electrons. The van der Waals surface area contributed by atoms with E-state index in [2.05, 4.69) is 5.32 Å². The lowest BCUT2D eigenvalue weighted by Gasteiger charge is -2.04. The molecule has 0 aliphatic carbocycles. The second-order valence-corrected chi connectivity index (χ2v) is 6.37. The molecule has 1 fully saturated rings. The Balaban J connectivity index is 1.73. The summed E-state index contributed by atoms with van der Waals surface area (Å²) in [7, 11) is -3.37. The number of hydrogen-bond acceptors (Lipinski definition) is 4. The Bertz CT molecular complexity index is 656. The van der Waals surface area contributed by atoms with Gasteiger partial charge in [0.15, 0.2) is 21.4 Å². The van der Waals surface area contributed by atoms with Crippen molar-refractivity contribution < 1.29 is 13.2 Å². The molecule has 0 amide bonds. The third-order valence-corrected chi connectivity index (χ3v) is 4.89. The summed E-state index contributed by atoms with van der Waals surface area (Å²) in [5.74, 6) is 0.658. The van der Waals surface area contributed by atoms with E-state index in [1.807, 2.05) is 18.2 Å². The largest absolute Gasteiger partial charge is 0.472 e. The topological polar surface area (TPSA) is 65.3 Å². The predicted octanol–water partition coefficient (Wildman–Crippen LogP) is 1.79. The third-order valence-electron chi connectivity index (χ3n) is 2.91. The zero-order valence-electron chi connectivity index (χ0n) is 10.1. The van der Waals surface area contributed by atoms with Crippen LogP contribution in [0.2, 0.25) is 0 Å². The highest BCUT2D eigenvalue weighted by Gasteiger charge is 2.49. The standard InChI is InChI=1S/C14H13NO3S/c16-19(17,12-9-5-2-6-10-12)14-13(15-14)18-11-7-3-1-4-8-11/h1-10,13-15H/t13-,14-/m0/s1. The molecule has 2 aromatic carbocycles. The minimum atomic E-state index is -3.37. The molecule has 2 aromatic rings. The summed E-state index contributed by atoms with van der Waals surface area (Å²) >= 11 is 0. The van der Waals surface area contributed by atoms with Crippen molar-refractivity contribution in [2.75, 3.05) is 0 Å². The SMILES string of the molecule is O=S(=O)(c1ccccc1)[C@@H]1N[C@H]1Oc1ccccc1. The quantitative estimate of drug-likeness (QED) is 0.864. The minimum Gasteiger partial charge on any atom is -0.472 e. The molecule has 0 spiro atoms. The van der Waals surface area contributed by atoms with Gasteiger partial charge in [-0.05, 0) is 24.3 Å². The Morgan fingerprint density at radius 2 is 1.47 bits per heavy atom. The average Bonchev–Trinajstić information content (AvgIpc) is 3.21. The van der Waals surface area contributed by atoms with E-state index >= 15 is 0 Å². The van der Waals surface area contributed by atoms with Crippen LogP contribution in [0, 0.1) is 0 Å². The highest BCUT2D eigenvalue weighted by atomic mass is 32.2. The lowest BCUT2D eigenvalue weighted by atomic mass is 10.3. The van der Waals surface area contributed by atoms with Gasteiger partial charge in [0.2, 0.25) is 0 Å². The summed E-state index contributed by atoms with van der Waals surface area (Å²) in [6, 6.07) is 17.6. The number of sulfone groups is 1. The van der Waals surface area contributed by atoms with E-state index in [9.17, 15) is 8.42 Å². The first kappa shape index (κ1) is 12.2. The first-order valence-corrected chi connectivity index (χ1v) is 7.49. The molecule has 4 nitrogen and oxygen atoms in total. The smallest absolute Gasteiger partial charge is 0.199 e. The molecule has 0 bridgehead atoms. The maximum absolute atomic E-state index is 12.3. The summed E-state index contributed by atoms with van der Waals surface area (Å²) in [5, 5.41) is 2.17. The molecule has 1 aliphatic heterocycles. The average molecular weight is 275 g/mol. The van der Waals surface area contributed by atoms with Crippen LogP contribution in [0.5, 0.6) is 5.75 Å². The Morgan fingerprint density at radius 3 is 2.11 bits per heavy atom. The van der Waals surface area contributed by atoms with Crippen molar-refractivity contribution in [1.29, 1.82) is 0 Å². The van der Waals surface area contributed by atoms with Crippen molar-refractivity contribution in [1.82, 2.24) is 5.32 Å². The maximum Gasteiger partial charge on any atom is 0.199 e. The summed E-state index contributed by atoms with van der Waals surface area (Å²) in [6.07, 6.45) is -0.479. The molecular formula is C14H13NO3S. The Hall–Kier alpha value is -1.85. The Kier molecular flexibility index (Phi) is 3.00. The Morgan fingerprint density at radius 1 is 0.895 bits per heavy atom. The first-order valence-electron chi connectivity index (χ1n) is 5.95. The number of rotatable bonds is 4. The van der Waals surface area contributed by atoms with Crippen molar-refractivity contribution in [3.63, 3.8) is 0 Å². The van der Waals surface area contributed by atoms with Gasteiger partial charge in [-0.2, -0.15) is 0 Å². The van der Waals surface area contributed by atoms with Crippen LogP contribution in [0.15, 0.2) is 65.6 Å². The van der Waals surface area contributed by atoms with Gasteiger partial charge in [-0.15, -0.1) is 0 Å². The lowest BCUT2D eigenvalue weighted by molar-refractivity contribution is 0.295. The maximum atomic E-state index is 12.3. The van der Waals surface area contributed by atoms with E-state index in [0.717, 1.165) is 0 Å². The van der Waals surface area contributed by atoms with E-state index in [4.69, 9.17) is 4.74 Å². The van der Waals surface area contributed by atoms with E-state index in [-0.39, 0.29) is 0 Å². The number of benzene rings is 2. The minimum absolute atomic E-state index is 0.312. The normalized spacial score (nSPS) is 21.9. The van der Waals surface area contributed by atoms with E-state index in [1.165, 1.54) is 0 Å². The van der Waals surface area contributed by atoms with E-state index in [0.29, 0.717) is 10.6 Å². The fourth-order valence-corrected chi connectivity index (χ4v) is 3.38. The van der Waals surface area contributed by atoms with Gasteiger partial charge in [0, 0.05) is 0 Å². The van der Waals surface area contributed by atoms with Crippen molar-refractivity contribution in [3.05, 3.63) is 60.7 Å². The van der Waals surface area contributed by atoms with Gasteiger partial charge in [-0.3, -0.25) is 5.32 Å². The van der Waals surface area contributed by atoms with Gasteiger partial charge in [0.1, 0.15) is 5.75 Å². The van der Waals surface area contributed by atoms with Gasteiger partial charge >= 0.3 is 0 Å². The third kappa shape index (κ3) is 2.47. The van der Waals surface area contributed by atoms with Gasteiger partial charge in [0.25, 0.3) is 0 Å². The highest BCUT2D eigenvalue weighted by molar-refractivity contribution is 7.92. The van der Waals surface area contributed by atoms with Crippen molar-refractivity contribution in [2.24, 2.45) is 0 Å². The monoisotopic (exact) mass is 275 g/mol. The van der Waals surface area contributed by atoms with Gasteiger partial charge < -0.3 is 4.74 Å². The highest BCUT2D eigenvalue weighted by Crippen LogP contribution is 2.27. The fraction of sp³-hybridized carbons (Fsp3) is 0.143. The summed E-state index contributed by atoms with van der Waals surface area (Å²) in [4.78, 5) is 0.312. The van der Waals surface area contributed by atoms with Crippen molar-refractivity contribution in [3.8, 4) is 5.75 Å². The molecule has 1 aliphatic rings. The molecule has 0 unspecified atom stereocenters. The van der Waals surface area contributed by atoms with Gasteiger partial charge in [-0.1, -0.05) is 36.4 Å². The number of ether oxygens (including phenoxy) is 1. The second kappa shape index (κ2) is 4.68. The molecule has 5 heteroatoms. The van der Waals surface area contributed by atoms with E-state index < -0.39 is 21.4 Å². The number of para-hydroxylation sites is 1.